The number of hydrogen-bond donors (Lipinski definition) is 1. The van der Waals surface area contributed by atoms with Gasteiger partial charge in [0.2, 0.25) is 11.6 Å². The van der Waals surface area contributed by atoms with Gasteiger partial charge in [0.05, 0.1) is 44.3 Å². The van der Waals surface area contributed by atoms with Gasteiger partial charge >= 0.3 is 0 Å². The topological polar surface area (TPSA) is 55.3 Å². The molecule has 0 atom stereocenters. The first kappa shape index (κ1) is 16.2. The van der Waals surface area contributed by atoms with Crippen molar-refractivity contribution in [1.29, 1.82) is 0 Å². The molecule has 0 bridgehead atoms. The number of rotatable bonds is 1. The van der Waals surface area contributed by atoms with Crippen molar-refractivity contribution in [2.45, 2.75) is 0 Å². The van der Waals surface area contributed by atoms with Crippen LogP contribution in [-0.2, 0) is 0 Å². The van der Waals surface area contributed by atoms with Gasteiger partial charge in [0.15, 0.2) is 0 Å². The van der Waals surface area contributed by atoms with Crippen LogP contribution in [-0.4, -0.2) is 28.3 Å². The van der Waals surface area contributed by atoms with E-state index >= 15 is 0 Å². The van der Waals surface area contributed by atoms with E-state index in [0.29, 0.717) is 0 Å². The highest BCUT2D eigenvalue weighted by Crippen LogP contribution is 2.33. The molecule has 6 nitrogen and oxygen atoms in total. The van der Waals surface area contributed by atoms with E-state index in [1.54, 1.807) is 0 Å². The number of hydrogen-bond acceptors (Lipinski definition) is 2. The lowest BCUT2D eigenvalue weighted by Gasteiger charge is -2.06. The van der Waals surface area contributed by atoms with E-state index in [9.17, 15) is 0 Å². The first-order valence-electron chi connectivity index (χ1n) is 10.6. The molecule has 0 unspecified atom stereocenters. The maximum atomic E-state index is 5.03. The van der Waals surface area contributed by atoms with Crippen LogP contribution in [0.1, 0.15) is 0 Å². The zero-order chi connectivity index (χ0) is 20.8. The van der Waals surface area contributed by atoms with Crippen LogP contribution in [0.5, 0.6) is 0 Å². The van der Waals surface area contributed by atoms with Crippen molar-refractivity contribution in [3.63, 3.8) is 0 Å². The molecule has 0 saturated heterocycles. The maximum Gasteiger partial charge on any atom is 0.220 e. The van der Waals surface area contributed by atoms with Crippen molar-refractivity contribution >= 4 is 55.7 Å². The van der Waals surface area contributed by atoms with Crippen LogP contribution in [0.25, 0.3) is 61.4 Å². The Labute approximate surface area is 181 Å². The van der Waals surface area contributed by atoms with Crippen LogP contribution in [0.15, 0.2) is 91.0 Å². The Kier molecular flexibility index (Phi) is 2.81. The average Bonchev–Trinajstić information content (AvgIpc) is 3.55. The molecule has 0 radical (unpaired) electrons. The van der Waals surface area contributed by atoms with Crippen LogP contribution in [0.2, 0.25) is 0 Å². The standard InChI is InChI=1S/C26H16N6/c1-3-10-18-16(8-1)27-25-29-24-22(30(18)25)14-7-15-23(24)32-21-13-6-5-12-20(21)31-19-11-4-2-9-17(19)28-26(31)32/h1-15H,(H,27,29). The molecule has 1 N–H and O–H groups in total. The third-order valence-corrected chi connectivity index (χ3v) is 6.40. The zero-order valence-corrected chi connectivity index (χ0v) is 16.9. The van der Waals surface area contributed by atoms with Crippen LogP contribution in [0.4, 0.5) is 0 Å². The Morgan fingerprint density at radius 1 is 0.562 bits per heavy atom. The van der Waals surface area contributed by atoms with Gasteiger partial charge in [0, 0.05) is 0 Å². The minimum Gasteiger partial charge on any atom is -0.323 e. The summed E-state index contributed by atoms with van der Waals surface area (Å²) in [6, 6.07) is 31.4. The molecular formula is C26H16N6. The van der Waals surface area contributed by atoms with Crippen molar-refractivity contribution < 1.29 is 0 Å². The number of benzene rings is 4. The summed E-state index contributed by atoms with van der Waals surface area (Å²) in [5, 5.41) is 0. The normalized spacial score (nSPS) is 12.4. The molecule has 4 aromatic carbocycles. The minimum atomic E-state index is 0.842. The summed E-state index contributed by atoms with van der Waals surface area (Å²) < 4.78 is 6.66. The first-order valence-corrected chi connectivity index (χ1v) is 10.6. The molecule has 0 aliphatic carbocycles. The van der Waals surface area contributed by atoms with Gasteiger partial charge in [-0.3, -0.25) is 13.4 Å². The molecule has 0 fully saturated rings. The fourth-order valence-electron chi connectivity index (χ4n) is 5.08. The SMILES string of the molecule is c1ccc2c(c1)nc1n(-c3cccc4c3nc3[nH]c5ccccc5n34)c3ccccc3n21. The number of nitrogens with zero attached hydrogens (tertiary/aromatic N) is 5. The smallest absolute Gasteiger partial charge is 0.220 e. The molecule has 0 aliphatic heterocycles. The fraction of sp³-hybridized carbons (Fsp3) is 0. The molecule has 0 amide bonds. The summed E-state index contributed by atoms with van der Waals surface area (Å²) in [7, 11) is 0. The molecule has 150 valence electrons. The number of aromatic nitrogens is 6. The van der Waals surface area contributed by atoms with Gasteiger partial charge in [-0.05, 0) is 48.5 Å². The summed E-state index contributed by atoms with van der Waals surface area (Å²) >= 11 is 0. The van der Waals surface area contributed by atoms with Gasteiger partial charge in [-0.15, -0.1) is 0 Å². The molecule has 8 aromatic rings. The Morgan fingerprint density at radius 3 is 2.19 bits per heavy atom. The average molecular weight is 412 g/mol. The van der Waals surface area contributed by atoms with Gasteiger partial charge in [-0.25, -0.2) is 9.97 Å². The van der Waals surface area contributed by atoms with E-state index in [-0.39, 0.29) is 0 Å². The molecule has 4 aromatic heterocycles. The van der Waals surface area contributed by atoms with E-state index in [2.05, 4.69) is 97.2 Å². The Bertz CT molecular complexity index is 2000. The second-order valence-corrected chi connectivity index (χ2v) is 8.12. The largest absolute Gasteiger partial charge is 0.323 e. The molecule has 6 heteroatoms. The van der Waals surface area contributed by atoms with Crippen LogP contribution >= 0.6 is 0 Å². The van der Waals surface area contributed by atoms with Gasteiger partial charge in [-0.1, -0.05) is 42.5 Å². The summed E-state index contributed by atoms with van der Waals surface area (Å²) in [6.45, 7) is 0. The highest BCUT2D eigenvalue weighted by Gasteiger charge is 2.20. The molecule has 0 saturated carbocycles. The van der Waals surface area contributed by atoms with Crippen LogP contribution in [0, 0.1) is 0 Å². The van der Waals surface area contributed by atoms with Crippen molar-refractivity contribution in [2.24, 2.45) is 0 Å². The summed E-state index contributed by atoms with van der Waals surface area (Å²) in [4.78, 5) is 13.5. The van der Waals surface area contributed by atoms with Gasteiger partial charge in [0.25, 0.3) is 0 Å². The lowest BCUT2D eigenvalue weighted by atomic mass is 10.2. The number of para-hydroxylation sites is 7. The van der Waals surface area contributed by atoms with Crippen molar-refractivity contribution in [3.05, 3.63) is 91.0 Å². The Morgan fingerprint density at radius 2 is 1.28 bits per heavy atom. The Balaban J connectivity index is 1.57. The Hall–Kier alpha value is -4.58. The van der Waals surface area contributed by atoms with E-state index in [1.165, 1.54) is 0 Å². The molecule has 0 spiro atoms. The van der Waals surface area contributed by atoms with Gasteiger partial charge in [0.1, 0.15) is 5.52 Å². The summed E-state index contributed by atoms with van der Waals surface area (Å²) in [5.74, 6) is 1.73. The van der Waals surface area contributed by atoms with E-state index in [1.807, 2.05) is 12.1 Å². The second-order valence-electron chi connectivity index (χ2n) is 8.12. The number of nitrogens with one attached hydrogen (secondary N) is 1. The number of fused-ring (bicyclic) bond motifs is 10. The van der Waals surface area contributed by atoms with E-state index in [4.69, 9.17) is 9.97 Å². The minimum absolute atomic E-state index is 0.842. The summed E-state index contributed by atoms with van der Waals surface area (Å²) in [6.07, 6.45) is 0. The van der Waals surface area contributed by atoms with E-state index < -0.39 is 0 Å². The number of aromatic amines is 1. The molecule has 8 rings (SSSR count). The van der Waals surface area contributed by atoms with Crippen molar-refractivity contribution in [1.82, 2.24) is 28.3 Å². The highest BCUT2D eigenvalue weighted by molar-refractivity contribution is 5.97. The maximum absolute atomic E-state index is 5.03. The number of imidazole rings is 4. The predicted octanol–water partition coefficient (Wildman–Crippen LogP) is 5.71. The fourth-order valence-corrected chi connectivity index (χ4v) is 5.08. The van der Waals surface area contributed by atoms with Gasteiger partial charge in [-0.2, -0.15) is 0 Å². The molecule has 32 heavy (non-hydrogen) atoms. The van der Waals surface area contributed by atoms with Crippen molar-refractivity contribution in [3.8, 4) is 5.69 Å². The van der Waals surface area contributed by atoms with Crippen molar-refractivity contribution in [2.75, 3.05) is 0 Å². The van der Waals surface area contributed by atoms with Gasteiger partial charge < -0.3 is 4.98 Å². The lowest BCUT2D eigenvalue weighted by Crippen LogP contribution is -1.96. The predicted molar refractivity (Wildman–Crippen MR) is 128 cm³/mol. The third kappa shape index (κ3) is 1.85. The third-order valence-electron chi connectivity index (χ3n) is 6.40. The van der Waals surface area contributed by atoms with Crippen LogP contribution < -0.4 is 0 Å². The monoisotopic (exact) mass is 412 g/mol. The van der Waals surface area contributed by atoms with Crippen LogP contribution in [0.3, 0.4) is 0 Å². The lowest BCUT2D eigenvalue weighted by molar-refractivity contribution is 1.12. The quantitative estimate of drug-likeness (QED) is 0.375. The summed E-state index contributed by atoms with van der Waals surface area (Å²) in [5.41, 5.74) is 9.56. The molecule has 4 heterocycles. The molecular weight excluding hydrogens is 396 g/mol. The zero-order valence-electron chi connectivity index (χ0n) is 16.9. The number of H-pyrrole nitrogens is 1. The highest BCUT2D eigenvalue weighted by atomic mass is 15.2. The second kappa shape index (κ2) is 5.56. The van der Waals surface area contributed by atoms with E-state index in [0.717, 1.165) is 61.4 Å². The first-order chi connectivity index (χ1) is 15.9. The molecule has 0 aliphatic rings.